The van der Waals surface area contributed by atoms with Crippen LogP contribution in [0.1, 0.15) is 45.4 Å². The molecule has 2 aliphatic rings. The fraction of sp³-hybridized carbons (Fsp3) is 0.882. The molecule has 0 bridgehead atoms. The molecule has 0 radical (unpaired) electrons. The Labute approximate surface area is 139 Å². The monoisotopic (exact) mass is 324 g/mol. The summed E-state index contributed by atoms with van der Waals surface area (Å²) in [7, 11) is 0. The van der Waals surface area contributed by atoms with Crippen molar-refractivity contribution in [3.63, 3.8) is 0 Å². The first kappa shape index (κ1) is 18.2. The molecule has 1 heterocycles. The normalized spacial score (nSPS) is 26.1. The summed E-state index contributed by atoms with van der Waals surface area (Å²) in [6.07, 6.45) is 5.94. The van der Waals surface area contributed by atoms with E-state index in [1.54, 1.807) is 0 Å². The highest BCUT2D eigenvalue weighted by Gasteiger charge is 2.24. The molecular weight excluding hydrogens is 292 g/mol. The van der Waals surface area contributed by atoms with Crippen molar-refractivity contribution in [1.29, 1.82) is 0 Å². The Hall–Kier alpha value is -1.14. The summed E-state index contributed by atoms with van der Waals surface area (Å²) in [4.78, 5) is 28.2. The van der Waals surface area contributed by atoms with Crippen LogP contribution in [0.15, 0.2) is 0 Å². The van der Waals surface area contributed by atoms with E-state index in [2.05, 4.69) is 17.1 Å². The molecule has 132 valence electrons. The Kier molecular flexibility index (Phi) is 7.30. The van der Waals surface area contributed by atoms with Gasteiger partial charge in [-0.1, -0.05) is 6.92 Å². The van der Waals surface area contributed by atoms with E-state index >= 15 is 0 Å². The smallest absolute Gasteiger partial charge is 0.234 e. The average Bonchev–Trinajstić information content (AvgIpc) is 2.55. The molecule has 0 atom stereocenters. The summed E-state index contributed by atoms with van der Waals surface area (Å²) in [5.74, 6) is 1.12. The van der Waals surface area contributed by atoms with Crippen LogP contribution >= 0.6 is 0 Å². The number of carbonyl (C=O) groups is 2. The third-order valence-corrected chi connectivity index (χ3v) is 5.07. The third-order valence-electron chi connectivity index (χ3n) is 5.07. The Morgan fingerprint density at radius 2 is 1.74 bits per heavy atom. The predicted molar refractivity (Wildman–Crippen MR) is 90.9 cm³/mol. The number of nitrogens with two attached hydrogens (primary N) is 1. The number of nitrogens with zero attached hydrogens (tertiary/aromatic N) is 2. The van der Waals surface area contributed by atoms with Crippen LogP contribution in [-0.4, -0.2) is 66.9 Å². The van der Waals surface area contributed by atoms with Gasteiger partial charge in [0, 0.05) is 38.6 Å². The van der Waals surface area contributed by atoms with Gasteiger partial charge < -0.3 is 16.0 Å². The molecule has 2 amide bonds. The maximum Gasteiger partial charge on any atom is 0.234 e. The van der Waals surface area contributed by atoms with Gasteiger partial charge in [0.15, 0.2) is 0 Å². The summed E-state index contributed by atoms with van der Waals surface area (Å²) in [5, 5.41) is 3.17. The largest absolute Gasteiger partial charge is 0.352 e. The topological polar surface area (TPSA) is 78.7 Å². The van der Waals surface area contributed by atoms with Crippen LogP contribution in [-0.2, 0) is 9.59 Å². The summed E-state index contributed by atoms with van der Waals surface area (Å²) in [6.45, 7) is 6.30. The molecule has 2 rings (SSSR count). The number of carbonyl (C=O) groups excluding carboxylic acids is 2. The van der Waals surface area contributed by atoms with E-state index in [1.165, 1.54) is 12.8 Å². The lowest BCUT2D eigenvalue weighted by Crippen LogP contribution is -2.52. The van der Waals surface area contributed by atoms with Crippen molar-refractivity contribution in [3.05, 3.63) is 0 Å². The van der Waals surface area contributed by atoms with Gasteiger partial charge in [-0.15, -0.1) is 0 Å². The van der Waals surface area contributed by atoms with Crippen molar-refractivity contribution < 1.29 is 9.59 Å². The maximum atomic E-state index is 12.2. The maximum absolute atomic E-state index is 12.2. The molecule has 0 aromatic rings. The zero-order chi connectivity index (χ0) is 16.7. The van der Waals surface area contributed by atoms with E-state index < -0.39 is 0 Å². The Morgan fingerprint density at radius 1 is 1.09 bits per heavy atom. The van der Waals surface area contributed by atoms with Crippen molar-refractivity contribution in [1.82, 2.24) is 15.1 Å². The van der Waals surface area contributed by atoms with Crippen LogP contribution in [0.2, 0.25) is 0 Å². The first-order valence-electron chi connectivity index (χ1n) is 9.08. The standard InChI is InChI=1S/C17H32N4O2/c1-14-4-6-15(7-5-14)19-16(22)13-20-9-11-21(12-10-20)17(23)3-2-8-18/h14-15H,2-13,18H2,1H3,(H,19,22). The second-order valence-corrected chi connectivity index (χ2v) is 7.07. The molecule has 0 spiro atoms. The number of amides is 2. The van der Waals surface area contributed by atoms with Crippen LogP contribution in [0.25, 0.3) is 0 Å². The zero-order valence-corrected chi connectivity index (χ0v) is 14.4. The second kappa shape index (κ2) is 9.23. The first-order chi connectivity index (χ1) is 11.1. The van der Waals surface area contributed by atoms with Gasteiger partial charge in [0.25, 0.3) is 0 Å². The number of rotatable bonds is 6. The van der Waals surface area contributed by atoms with Crippen molar-refractivity contribution in [2.45, 2.75) is 51.5 Å². The highest BCUT2D eigenvalue weighted by atomic mass is 16.2. The summed E-state index contributed by atoms with van der Waals surface area (Å²) >= 11 is 0. The highest BCUT2D eigenvalue weighted by molar-refractivity contribution is 5.78. The zero-order valence-electron chi connectivity index (χ0n) is 14.4. The van der Waals surface area contributed by atoms with E-state index in [-0.39, 0.29) is 11.8 Å². The highest BCUT2D eigenvalue weighted by Crippen LogP contribution is 2.23. The van der Waals surface area contributed by atoms with Gasteiger partial charge in [-0.25, -0.2) is 0 Å². The summed E-state index contributed by atoms with van der Waals surface area (Å²) in [5.41, 5.74) is 5.44. The molecule has 6 nitrogen and oxygen atoms in total. The van der Waals surface area contributed by atoms with E-state index in [0.29, 0.717) is 25.6 Å². The predicted octanol–water partition coefficient (Wildman–Crippen LogP) is 0.564. The second-order valence-electron chi connectivity index (χ2n) is 7.07. The molecule has 0 unspecified atom stereocenters. The first-order valence-corrected chi connectivity index (χ1v) is 9.08. The molecule has 0 aromatic carbocycles. The molecule has 23 heavy (non-hydrogen) atoms. The summed E-state index contributed by atoms with van der Waals surface area (Å²) in [6, 6.07) is 0.359. The minimum absolute atomic E-state index is 0.132. The van der Waals surface area contributed by atoms with Crippen LogP contribution in [0.5, 0.6) is 0 Å². The quantitative estimate of drug-likeness (QED) is 0.748. The van der Waals surface area contributed by atoms with Crippen LogP contribution < -0.4 is 11.1 Å². The van der Waals surface area contributed by atoms with Gasteiger partial charge in [-0.2, -0.15) is 0 Å². The molecule has 1 aliphatic heterocycles. The molecule has 0 aromatic heterocycles. The average molecular weight is 324 g/mol. The number of piperazine rings is 1. The van der Waals surface area contributed by atoms with Crippen molar-refractivity contribution in [2.75, 3.05) is 39.3 Å². The lowest BCUT2D eigenvalue weighted by molar-refractivity contribution is -0.133. The van der Waals surface area contributed by atoms with E-state index in [9.17, 15) is 9.59 Å². The van der Waals surface area contributed by atoms with Gasteiger partial charge in [-0.3, -0.25) is 14.5 Å². The van der Waals surface area contributed by atoms with Crippen molar-refractivity contribution in [3.8, 4) is 0 Å². The molecule has 3 N–H and O–H groups in total. The summed E-state index contributed by atoms with van der Waals surface area (Å²) < 4.78 is 0. The molecule has 1 saturated heterocycles. The van der Waals surface area contributed by atoms with Crippen LogP contribution in [0, 0.1) is 5.92 Å². The van der Waals surface area contributed by atoms with E-state index in [0.717, 1.165) is 51.4 Å². The Bertz CT molecular complexity index is 386. The lowest BCUT2D eigenvalue weighted by atomic mass is 9.87. The number of nitrogens with one attached hydrogen (secondary N) is 1. The van der Waals surface area contributed by atoms with E-state index in [4.69, 9.17) is 5.73 Å². The molecule has 1 aliphatic carbocycles. The Morgan fingerprint density at radius 3 is 2.35 bits per heavy atom. The number of hydrogen-bond donors (Lipinski definition) is 2. The van der Waals surface area contributed by atoms with Gasteiger partial charge in [0.05, 0.1) is 6.54 Å². The SMILES string of the molecule is CC1CCC(NC(=O)CN2CCN(C(=O)CCCN)CC2)CC1. The molecule has 1 saturated carbocycles. The van der Waals surface area contributed by atoms with E-state index in [1.807, 2.05) is 4.90 Å². The van der Waals surface area contributed by atoms with Crippen molar-refractivity contribution in [2.24, 2.45) is 11.7 Å². The van der Waals surface area contributed by atoms with Crippen LogP contribution in [0.3, 0.4) is 0 Å². The fourth-order valence-electron chi connectivity index (χ4n) is 3.45. The minimum atomic E-state index is 0.132. The molecular formula is C17H32N4O2. The van der Waals surface area contributed by atoms with Gasteiger partial charge in [-0.05, 0) is 44.6 Å². The Balaban J connectivity index is 1.63. The fourth-order valence-corrected chi connectivity index (χ4v) is 3.45. The van der Waals surface area contributed by atoms with Gasteiger partial charge in [0.1, 0.15) is 0 Å². The van der Waals surface area contributed by atoms with Crippen LogP contribution in [0.4, 0.5) is 0 Å². The molecule has 6 heteroatoms. The molecule has 2 fully saturated rings. The number of hydrogen-bond acceptors (Lipinski definition) is 4. The third kappa shape index (κ3) is 6.11. The van der Waals surface area contributed by atoms with Crippen molar-refractivity contribution >= 4 is 11.8 Å². The minimum Gasteiger partial charge on any atom is -0.352 e. The van der Waals surface area contributed by atoms with Gasteiger partial charge >= 0.3 is 0 Å². The lowest BCUT2D eigenvalue weighted by Gasteiger charge is -2.35. The van der Waals surface area contributed by atoms with Gasteiger partial charge in [0.2, 0.25) is 11.8 Å².